The molecule has 1 aromatic carbocycles. The highest BCUT2D eigenvalue weighted by atomic mass is 14.9. The maximum Gasteiger partial charge on any atom is 0.385 e. The third-order valence-corrected chi connectivity index (χ3v) is 1.59. The van der Waals surface area contributed by atoms with Crippen LogP contribution in [-0.4, -0.2) is 7.05 Å². The quantitative estimate of drug-likeness (QED) is 0.621. The van der Waals surface area contributed by atoms with E-state index in [9.17, 15) is 0 Å². The molecular weight excluding hydrogens is 138 g/mol. The van der Waals surface area contributed by atoms with E-state index in [0.29, 0.717) is 5.69 Å². The zero-order valence-corrected chi connectivity index (χ0v) is 6.63. The summed E-state index contributed by atoms with van der Waals surface area (Å²) in [5.41, 5.74) is 2.71. The van der Waals surface area contributed by atoms with E-state index in [1.807, 2.05) is 26.1 Å². The molecule has 0 heterocycles. The topological polar surface area (TPSA) is 40.2 Å². The SMILES string of the molecule is CNc1ccc([N+]#N)cc1C. The van der Waals surface area contributed by atoms with Gasteiger partial charge in [0.1, 0.15) is 0 Å². The zero-order valence-electron chi connectivity index (χ0n) is 6.63. The molecular formula is C8H10N3+. The third kappa shape index (κ3) is 1.47. The van der Waals surface area contributed by atoms with Gasteiger partial charge in [0.2, 0.25) is 5.39 Å². The van der Waals surface area contributed by atoms with E-state index in [0.717, 1.165) is 11.3 Å². The average molecular weight is 148 g/mol. The lowest BCUT2D eigenvalue weighted by Crippen LogP contribution is -1.89. The van der Waals surface area contributed by atoms with E-state index in [2.05, 4.69) is 10.3 Å². The summed E-state index contributed by atoms with van der Waals surface area (Å²) in [5.74, 6) is 0. The van der Waals surface area contributed by atoms with Crippen LogP contribution in [-0.2, 0) is 0 Å². The molecule has 0 aliphatic rings. The Labute approximate surface area is 65.7 Å². The summed E-state index contributed by atoms with van der Waals surface area (Å²) >= 11 is 0. The van der Waals surface area contributed by atoms with Gasteiger partial charge in [-0.25, -0.2) is 0 Å². The van der Waals surface area contributed by atoms with Gasteiger partial charge in [-0.3, -0.25) is 0 Å². The zero-order chi connectivity index (χ0) is 8.27. The summed E-state index contributed by atoms with van der Waals surface area (Å²) < 4.78 is 0. The minimum Gasteiger partial charge on any atom is -0.388 e. The van der Waals surface area contributed by atoms with Gasteiger partial charge in [-0.05, 0) is 18.6 Å². The molecule has 0 radical (unpaired) electrons. The summed E-state index contributed by atoms with van der Waals surface area (Å²) in [6.07, 6.45) is 0. The van der Waals surface area contributed by atoms with Crippen molar-refractivity contribution in [2.45, 2.75) is 6.92 Å². The van der Waals surface area contributed by atoms with Crippen LogP contribution in [0.5, 0.6) is 0 Å². The van der Waals surface area contributed by atoms with Gasteiger partial charge >= 0.3 is 5.69 Å². The normalized spacial score (nSPS) is 8.82. The maximum atomic E-state index is 8.43. The number of rotatable bonds is 1. The van der Waals surface area contributed by atoms with Crippen molar-refractivity contribution in [1.82, 2.24) is 0 Å². The minimum absolute atomic E-state index is 0.585. The van der Waals surface area contributed by atoms with Crippen molar-refractivity contribution in [3.63, 3.8) is 0 Å². The molecule has 1 aromatic rings. The molecule has 0 saturated carbocycles. The van der Waals surface area contributed by atoms with E-state index >= 15 is 0 Å². The Bertz CT molecular complexity index is 299. The van der Waals surface area contributed by atoms with Gasteiger partial charge in [-0.1, -0.05) is 0 Å². The van der Waals surface area contributed by atoms with Crippen LogP contribution in [0.15, 0.2) is 18.2 Å². The van der Waals surface area contributed by atoms with Crippen LogP contribution in [0, 0.1) is 12.3 Å². The number of diazo groups is 1. The molecule has 3 nitrogen and oxygen atoms in total. The molecule has 1 rings (SSSR count). The van der Waals surface area contributed by atoms with Gasteiger partial charge in [-0.15, -0.1) is 0 Å². The van der Waals surface area contributed by atoms with Crippen LogP contribution in [0.2, 0.25) is 0 Å². The molecule has 3 heteroatoms. The molecule has 0 aliphatic heterocycles. The minimum atomic E-state index is 0.585. The average Bonchev–Trinajstić information content (AvgIpc) is 2.04. The molecule has 11 heavy (non-hydrogen) atoms. The molecule has 0 aliphatic carbocycles. The number of hydrogen-bond donors (Lipinski definition) is 1. The second kappa shape index (κ2) is 3.02. The number of nitrogens with one attached hydrogen (secondary N) is 1. The number of anilines is 1. The number of nitrogens with zero attached hydrogens (tertiary/aromatic N) is 2. The Morgan fingerprint density at radius 3 is 2.64 bits per heavy atom. The summed E-state index contributed by atoms with van der Waals surface area (Å²) in [6, 6.07) is 5.44. The highest BCUT2D eigenvalue weighted by molar-refractivity contribution is 5.58. The molecule has 0 fully saturated rings. The first-order valence-electron chi connectivity index (χ1n) is 3.41. The lowest BCUT2D eigenvalue weighted by Gasteiger charge is -2.00. The fourth-order valence-corrected chi connectivity index (χ4v) is 0.991. The molecule has 0 bridgehead atoms. The van der Waals surface area contributed by atoms with E-state index in [-0.39, 0.29) is 0 Å². The van der Waals surface area contributed by atoms with Crippen LogP contribution in [0.1, 0.15) is 5.56 Å². The van der Waals surface area contributed by atoms with Crippen molar-refractivity contribution < 1.29 is 0 Å². The monoisotopic (exact) mass is 148 g/mol. The fourth-order valence-electron chi connectivity index (χ4n) is 0.991. The first-order chi connectivity index (χ1) is 5.27. The van der Waals surface area contributed by atoms with Crippen LogP contribution in [0.25, 0.3) is 4.98 Å². The Balaban J connectivity index is 3.12. The van der Waals surface area contributed by atoms with Gasteiger partial charge in [0.15, 0.2) is 4.98 Å². The van der Waals surface area contributed by atoms with Crippen LogP contribution in [0.4, 0.5) is 11.4 Å². The third-order valence-electron chi connectivity index (χ3n) is 1.59. The van der Waals surface area contributed by atoms with Gasteiger partial charge in [0.25, 0.3) is 0 Å². The number of aryl methyl sites for hydroxylation is 1. The second-order valence-electron chi connectivity index (χ2n) is 2.35. The number of hydrogen-bond acceptors (Lipinski definition) is 2. The summed E-state index contributed by atoms with van der Waals surface area (Å²) in [5, 5.41) is 11.5. The van der Waals surface area contributed by atoms with E-state index in [1.165, 1.54) is 0 Å². The predicted molar refractivity (Wildman–Crippen MR) is 45.5 cm³/mol. The van der Waals surface area contributed by atoms with Gasteiger partial charge < -0.3 is 5.32 Å². The number of benzene rings is 1. The van der Waals surface area contributed by atoms with Crippen LogP contribution >= 0.6 is 0 Å². The lowest BCUT2D eigenvalue weighted by molar-refractivity contribution is 1.39. The van der Waals surface area contributed by atoms with Crippen molar-refractivity contribution in [2.24, 2.45) is 0 Å². The van der Waals surface area contributed by atoms with Gasteiger partial charge in [-0.2, -0.15) is 0 Å². The summed E-state index contributed by atoms with van der Waals surface area (Å²) in [4.78, 5) is 3.08. The fraction of sp³-hybridized carbons (Fsp3) is 0.250. The molecule has 0 unspecified atom stereocenters. The maximum absolute atomic E-state index is 8.43. The van der Waals surface area contributed by atoms with Crippen LogP contribution < -0.4 is 5.32 Å². The Morgan fingerprint density at radius 2 is 2.18 bits per heavy atom. The molecule has 0 amide bonds. The Hall–Kier alpha value is -1.56. The first-order valence-corrected chi connectivity index (χ1v) is 3.41. The molecule has 0 aromatic heterocycles. The highest BCUT2D eigenvalue weighted by Gasteiger charge is 2.05. The van der Waals surface area contributed by atoms with Crippen molar-refractivity contribution in [3.8, 4) is 0 Å². The van der Waals surface area contributed by atoms with E-state index in [1.54, 1.807) is 6.07 Å². The largest absolute Gasteiger partial charge is 0.388 e. The van der Waals surface area contributed by atoms with E-state index in [4.69, 9.17) is 5.39 Å². The molecule has 1 N–H and O–H groups in total. The standard InChI is InChI=1S/C8H10N3/c1-6-5-7(11-9)3-4-8(6)10-2/h3-5,10H,1-2H3/q+1. The first kappa shape index (κ1) is 7.55. The summed E-state index contributed by atoms with van der Waals surface area (Å²) in [6.45, 7) is 1.96. The van der Waals surface area contributed by atoms with Gasteiger partial charge in [0.05, 0.1) is 0 Å². The molecule has 0 atom stereocenters. The summed E-state index contributed by atoms with van der Waals surface area (Å²) in [7, 11) is 1.86. The van der Waals surface area contributed by atoms with Gasteiger partial charge in [0, 0.05) is 24.9 Å². The Morgan fingerprint density at radius 1 is 1.45 bits per heavy atom. The predicted octanol–water partition coefficient (Wildman–Crippen LogP) is 2.52. The molecule has 0 saturated heterocycles. The second-order valence-corrected chi connectivity index (χ2v) is 2.35. The van der Waals surface area contributed by atoms with E-state index < -0.39 is 0 Å². The molecule has 56 valence electrons. The van der Waals surface area contributed by atoms with Crippen molar-refractivity contribution >= 4 is 11.4 Å². The van der Waals surface area contributed by atoms with Crippen molar-refractivity contribution in [2.75, 3.05) is 12.4 Å². The van der Waals surface area contributed by atoms with Crippen molar-refractivity contribution in [1.29, 1.82) is 5.39 Å². The highest BCUT2D eigenvalue weighted by Crippen LogP contribution is 2.20. The van der Waals surface area contributed by atoms with Crippen LogP contribution in [0.3, 0.4) is 0 Å². The molecule has 0 spiro atoms. The smallest absolute Gasteiger partial charge is 0.385 e. The lowest BCUT2D eigenvalue weighted by atomic mass is 10.2. The Kier molecular flexibility index (Phi) is 2.07. The van der Waals surface area contributed by atoms with Crippen molar-refractivity contribution in [3.05, 3.63) is 28.7 Å².